The lowest BCUT2D eigenvalue weighted by molar-refractivity contribution is 0.0757. The van der Waals surface area contributed by atoms with Gasteiger partial charge in [-0.2, -0.15) is 0 Å². The van der Waals surface area contributed by atoms with Crippen molar-refractivity contribution < 1.29 is 9.84 Å². The number of methoxy groups -OCH3 is 1. The Morgan fingerprint density at radius 1 is 1.00 bits per heavy atom. The van der Waals surface area contributed by atoms with Crippen LogP contribution in [0.4, 0.5) is 0 Å². The van der Waals surface area contributed by atoms with Crippen molar-refractivity contribution in [1.29, 1.82) is 0 Å². The number of hydrogen-bond acceptors (Lipinski definition) is 2. The van der Waals surface area contributed by atoms with Crippen LogP contribution in [-0.2, 0) is 0 Å². The van der Waals surface area contributed by atoms with Gasteiger partial charge in [0, 0.05) is 0 Å². The molecule has 1 fully saturated rings. The maximum absolute atomic E-state index is 10.7. The van der Waals surface area contributed by atoms with Crippen molar-refractivity contribution in [1.82, 2.24) is 0 Å². The fraction of sp³-hybridized carbons (Fsp3) is 0.474. The fourth-order valence-corrected chi connectivity index (χ4v) is 3.43. The van der Waals surface area contributed by atoms with Gasteiger partial charge < -0.3 is 9.84 Å². The van der Waals surface area contributed by atoms with Gasteiger partial charge in [0.1, 0.15) is 5.75 Å². The Balaban J connectivity index is 1.83. The summed E-state index contributed by atoms with van der Waals surface area (Å²) in [4.78, 5) is 0. The predicted molar refractivity (Wildman–Crippen MR) is 86.6 cm³/mol. The van der Waals surface area contributed by atoms with Crippen molar-refractivity contribution in [2.75, 3.05) is 7.11 Å². The van der Waals surface area contributed by atoms with E-state index < -0.39 is 0 Å². The summed E-state index contributed by atoms with van der Waals surface area (Å²) in [6.07, 6.45) is 4.44. The molecular formula is C19H24O2. The molecule has 2 aromatic carbocycles. The Kier molecular flexibility index (Phi) is 4.16. The van der Waals surface area contributed by atoms with E-state index in [1.54, 1.807) is 7.11 Å². The van der Waals surface area contributed by atoms with E-state index in [1.807, 2.05) is 12.1 Å². The average Bonchev–Trinajstić information content (AvgIpc) is 2.54. The highest BCUT2D eigenvalue weighted by molar-refractivity contribution is 5.84. The second-order valence-electron chi connectivity index (χ2n) is 6.44. The third-order valence-electron chi connectivity index (χ3n) is 4.92. The van der Waals surface area contributed by atoms with E-state index >= 15 is 0 Å². The lowest BCUT2D eigenvalue weighted by atomic mass is 9.78. The molecule has 21 heavy (non-hydrogen) atoms. The Morgan fingerprint density at radius 2 is 1.67 bits per heavy atom. The van der Waals surface area contributed by atoms with Crippen LogP contribution in [0.1, 0.15) is 44.3 Å². The van der Waals surface area contributed by atoms with Gasteiger partial charge in [0.15, 0.2) is 0 Å². The molecule has 1 saturated carbocycles. The molecule has 0 saturated heterocycles. The van der Waals surface area contributed by atoms with Crippen molar-refractivity contribution in [3.8, 4) is 5.75 Å². The highest BCUT2D eigenvalue weighted by atomic mass is 16.5. The molecule has 0 heterocycles. The highest BCUT2D eigenvalue weighted by Gasteiger charge is 2.25. The summed E-state index contributed by atoms with van der Waals surface area (Å²) >= 11 is 0. The largest absolute Gasteiger partial charge is 0.497 e. The van der Waals surface area contributed by atoms with Gasteiger partial charge >= 0.3 is 0 Å². The number of fused-ring (bicyclic) bond motifs is 1. The summed E-state index contributed by atoms with van der Waals surface area (Å²) in [5.41, 5.74) is 1.05. The summed E-state index contributed by atoms with van der Waals surface area (Å²) in [5, 5.41) is 13.0. The Bertz CT molecular complexity index is 612. The highest BCUT2D eigenvalue weighted by Crippen LogP contribution is 2.37. The Labute approximate surface area is 126 Å². The molecule has 1 aliphatic rings. The number of aliphatic hydroxyl groups is 1. The zero-order valence-corrected chi connectivity index (χ0v) is 12.9. The molecule has 1 N–H and O–H groups in total. The van der Waals surface area contributed by atoms with Crippen LogP contribution in [-0.4, -0.2) is 12.2 Å². The van der Waals surface area contributed by atoms with E-state index in [9.17, 15) is 5.11 Å². The van der Waals surface area contributed by atoms with Crippen LogP contribution < -0.4 is 4.74 Å². The molecule has 0 spiro atoms. The minimum absolute atomic E-state index is 0.330. The molecule has 1 aliphatic carbocycles. The normalized spacial score (nSPS) is 24.0. The first-order valence-electron chi connectivity index (χ1n) is 7.93. The number of ether oxygens (including phenoxy) is 1. The summed E-state index contributed by atoms with van der Waals surface area (Å²) in [7, 11) is 1.68. The van der Waals surface area contributed by atoms with Crippen molar-refractivity contribution in [2.45, 2.75) is 38.7 Å². The van der Waals surface area contributed by atoms with Crippen molar-refractivity contribution in [3.63, 3.8) is 0 Å². The van der Waals surface area contributed by atoms with Crippen LogP contribution in [0.25, 0.3) is 10.8 Å². The van der Waals surface area contributed by atoms with Gasteiger partial charge in [-0.05, 0) is 59.2 Å². The van der Waals surface area contributed by atoms with Crippen LogP contribution in [0.3, 0.4) is 0 Å². The minimum Gasteiger partial charge on any atom is -0.497 e. The summed E-state index contributed by atoms with van der Waals surface area (Å²) in [5.74, 6) is 2.10. The van der Waals surface area contributed by atoms with E-state index in [-0.39, 0.29) is 6.10 Å². The lowest BCUT2D eigenvalue weighted by Crippen LogP contribution is -2.19. The van der Waals surface area contributed by atoms with Crippen LogP contribution in [0.2, 0.25) is 0 Å². The Morgan fingerprint density at radius 3 is 2.38 bits per heavy atom. The van der Waals surface area contributed by atoms with Crippen LogP contribution >= 0.6 is 0 Å². The zero-order valence-electron chi connectivity index (χ0n) is 12.9. The molecule has 2 nitrogen and oxygen atoms in total. The summed E-state index contributed by atoms with van der Waals surface area (Å²) in [6, 6.07) is 12.3. The van der Waals surface area contributed by atoms with Gasteiger partial charge in [-0.25, -0.2) is 0 Å². The molecule has 0 amide bonds. The molecule has 3 rings (SSSR count). The lowest BCUT2D eigenvalue weighted by Gasteiger charge is -2.30. The van der Waals surface area contributed by atoms with Crippen molar-refractivity contribution >= 4 is 10.8 Å². The quantitative estimate of drug-likeness (QED) is 0.884. The first-order valence-corrected chi connectivity index (χ1v) is 7.93. The monoisotopic (exact) mass is 284 g/mol. The summed E-state index contributed by atoms with van der Waals surface area (Å²) < 4.78 is 5.26. The molecule has 2 aromatic rings. The number of rotatable bonds is 3. The molecular weight excluding hydrogens is 260 g/mol. The van der Waals surface area contributed by atoms with E-state index in [2.05, 4.69) is 31.2 Å². The number of benzene rings is 2. The molecule has 1 unspecified atom stereocenters. The predicted octanol–water partition coefficient (Wildman–Crippen LogP) is 4.71. The molecule has 112 valence electrons. The SMILES string of the molecule is COc1ccc2cc(C(O)C3CCC(C)CC3)ccc2c1. The fourth-order valence-electron chi connectivity index (χ4n) is 3.43. The molecule has 0 aromatic heterocycles. The maximum atomic E-state index is 10.7. The van der Waals surface area contributed by atoms with Gasteiger partial charge in [-0.3, -0.25) is 0 Å². The molecule has 0 bridgehead atoms. The minimum atomic E-state index is -0.330. The van der Waals surface area contributed by atoms with Crippen LogP contribution in [0.5, 0.6) is 5.75 Å². The summed E-state index contributed by atoms with van der Waals surface area (Å²) in [6.45, 7) is 2.31. The third kappa shape index (κ3) is 3.06. The molecule has 1 atom stereocenters. The van der Waals surface area contributed by atoms with Gasteiger partial charge in [0.25, 0.3) is 0 Å². The number of aliphatic hydroxyl groups excluding tert-OH is 1. The average molecular weight is 284 g/mol. The van der Waals surface area contributed by atoms with Gasteiger partial charge in [0.05, 0.1) is 13.2 Å². The second-order valence-corrected chi connectivity index (χ2v) is 6.44. The molecule has 2 heteroatoms. The smallest absolute Gasteiger partial charge is 0.119 e. The van der Waals surface area contributed by atoms with Crippen LogP contribution in [0, 0.1) is 11.8 Å². The van der Waals surface area contributed by atoms with E-state index in [4.69, 9.17) is 4.74 Å². The van der Waals surface area contributed by atoms with Gasteiger partial charge in [-0.15, -0.1) is 0 Å². The standard InChI is InChI=1S/C19H24O2/c1-13-3-5-14(6-4-13)19(20)17-8-7-16-12-18(21-2)10-9-15(16)11-17/h7-14,19-20H,3-6H2,1-2H3. The van der Waals surface area contributed by atoms with Crippen LogP contribution in [0.15, 0.2) is 36.4 Å². The third-order valence-corrected chi connectivity index (χ3v) is 4.92. The maximum Gasteiger partial charge on any atom is 0.119 e. The first kappa shape index (κ1) is 14.4. The van der Waals surface area contributed by atoms with Crippen molar-refractivity contribution in [2.24, 2.45) is 11.8 Å². The number of hydrogen-bond donors (Lipinski definition) is 1. The van der Waals surface area contributed by atoms with E-state index in [0.29, 0.717) is 5.92 Å². The van der Waals surface area contributed by atoms with Gasteiger partial charge in [-0.1, -0.05) is 38.0 Å². The van der Waals surface area contributed by atoms with Gasteiger partial charge in [0.2, 0.25) is 0 Å². The second kappa shape index (κ2) is 6.07. The van der Waals surface area contributed by atoms with Crippen molar-refractivity contribution in [3.05, 3.63) is 42.0 Å². The van der Waals surface area contributed by atoms with E-state index in [0.717, 1.165) is 40.8 Å². The first-order chi connectivity index (χ1) is 10.2. The molecule has 0 aliphatic heterocycles. The zero-order chi connectivity index (χ0) is 14.8. The van der Waals surface area contributed by atoms with E-state index in [1.165, 1.54) is 12.8 Å². The molecule has 0 radical (unpaired) electrons. The Hall–Kier alpha value is -1.54. The topological polar surface area (TPSA) is 29.5 Å².